The molecule has 10 heteroatoms. The van der Waals surface area contributed by atoms with Crippen molar-refractivity contribution >= 4 is 12.0 Å². The smallest absolute Gasteiger partial charge is 0.411 e. The van der Waals surface area contributed by atoms with Crippen LogP contribution in [0.15, 0.2) is 0 Å². The summed E-state index contributed by atoms with van der Waals surface area (Å²) in [5.74, 6) is -1.10. The van der Waals surface area contributed by atoms with E-state index in [4.69, 9.17) is 9.84 Å². The third-order valence-corrected chi connectivity index (χ3v) is 2.67. The molecule has 0 unspecified atom stereocenters. The van der Waals surface area contributed by atoms with Gasteiger partial charge in [0.1, 0.15) is 18.8 Å². The predicted octanol–water partition coefficient (Wildman–Crippen LogP) is 0.450. The van der Waals surface area contributed by atoms with Gasteiger partial charge in [-0.25, -0.2) is 9.59 Å². The zero-order valence-electron chi connectivity index (χ0n) is 11.4. The van der Waals surface area contributed by atoms with Crippen LogP contribution in [0.1, 0.15) is 6.92 Å². The standard InChI is InChI=1S/C11H17F3N2O5/c1-10(21-4-8(17)18)5-16(6-10)9(19)15-2-3-20-7-11(12,13)14/h2-7H2,1H3,(H,15,19)(H,17,18). The third kappa shape index (κ3) is 6.63. The number of rotatable bonds is 7. The first-order valence-electron chi connectivity index (χ1n) is 6.14. The van der Waals surface area contributed by atoms with Crippen molar-refractivity contribution in [3.8, 4) is 0 Å². The lowest BCUT2D eigenvalue weighted by molar-refractivity contribution is -0.173. The van der Waals surface area contributed by atoms with Crippen LogP contribution < -0.4 is 5.32 Å². The number of carboxylic acids is 1. The van der Waals surface area contributed by atoms with Crippen molar-refractivity contribution in [3.05, 3.63) is 0 Å². The number of likely N-dealkylation sites (tertiary alicyclic amines) is 1. The van der Waals surface area contributed by atoms with Gasteiger partial charge in [-0.05, 0) is 6.92 Å². The van der Waals surface area contributed by atoms with Crippen LogP contribution in [0.2, 0.25) is 0 Å². The van der Waals surface area contributed by atoms with Gasteiger partial charge in [-0.15, -0.1) is 0 Å². The Kier molecular flexibility index (Phi) is 5.78. The molecule has 1 aliphatic heterocycles. The summed E-state index contributed by atoms with van der Waals surface area (Å²) in [6.07, 6.45) is -4.38. The van der Waals surface area contributed by atoms with Gasteiger partial charge in [0, 0.05) is 6.54 Å². The van der Waals surface area contributed by atoms with Gasteiger partial charge in [0.2, 0.25) is 0 Å². The fourth-order valence-corrected chi connectivity index (χ4v) is 1.76. The van der Waals surface area contributed by atoms with E-state index in [9.17, 15) is 22.8 Å². The Labute approximate surface area is 119 Å². The second kappa shape index (κ2) is 6.94. The average Bonchev–Trinajstić information content (AvgIpc) is 2.30. The summed E-state index contributed by atoms with van der Waals surface area (Å²) in [6.45, 7) is 0.0200. The van der Waals surface area contributed by atoms with Crippen molar-refractivity contribution in [2.24, 2.45) is 0 Å². The Bertz CT molecular complexity index is 383. The van der Waals surface area contributed by atoms with Crippen molar-refractivity contribution in [3.63, 3.8) is 0 Å². The molecule has 2 amide bonds. The highest BCUT2D eigenvalue weighted by atomic mass is 19.4. The van der Waals surface area contributed by atoms with Gasteiger partial charge >= 0.3 is 18.2 Å². The molecule has 7 nitrogen and oxygen atoms in total. The van der Waals surface area contributed by atoms with Crippen molar-refractivity contribution in [1.29, 1.82) is 0 Å². The van der Waals surface area contributed by atoms with E-state index < -0.39 is 37.0 Å². The molecule has 0 atom stereocenters. The minimum atomic E-state index is -4.38. The second-order valence-electron chi connectivity index (χ2n) is 4.89. The van der Waals surface area contributed by atoms with Gasteiger partial charge in [0.25, 0.3) is 0 Å². The molecule has 0 bridgehead atoms. The van der Waals surface area contributed by atoms with E-state index in [2.05, 4.69) is 10.1 Å². The highest BCUT2D eigenvalue weighted by molar-refractivity contribution is 5.75. The van der Waals surface area contributed by atoms with Gasteiger partial charge in [0.05, 0.1) is 19.7 Å². The largest absolute Gasteiger partial charge is 0.480 e. The van der Waals surface area contributed by atoms with Crippen LogP contribution in [-0.4, -0.2) is 73.2 Å². The van der Waals surface area contributed by atoms with E-state index in [0.29, 0.717) is 0 Å². The molecule has 1 rings (SSSR count). The van der Waals surface area contributed by atoms with Crippen LogP contribution in [0.4, 0.5) is 18.0 Å². The number of ether oxygens (including phenoxy) is 2. The summed E-state index contributed by atoms with van der Waals surface area (Å²) < 4.78 is 44.8. The van der Waals surface area contributed by atoms with E-state index >= 15 is 0 Å². The van der Waals surface area contributed by atoms with E-state index in [1.165, 1.54) is 4.90 Å². The molecule has 1 saturated heterocycles. The number of amides is 2. The lowest BCUT2D eigenvalue weighted by Crippen LogP contribution is -2.65. The first kappa shape index (κ1) is 17.5. The number of carbonyl (C=O) groups is 2. The first-order chi connectivity index (χ1) is 9.61. The summed E-state index contributed by atoms with van der Waals surface area (Å²) >= 11 is 0. The lowest BCUT2D eigenvalue weighted by atomic mass is 9.97. The molecule has 1 heterocycles. The zero-order chi connectivity index (χ0) is 16.1. The maximum absolute atomic E-state index is 11.8. The summed E-state index contributed by atoms with van der Waals surface area (Å²) in [4.78, 5) is 23.3. The lowest BCUT2D eigenvalue weighted by Gasteiger charge is -2.46. The Hall–Kier alpha value is -1.55. The fraction of sp³-hybridized carbons (Fsp3) is 0.818. The number of hydrogen-bond acceptors (Lipinski definition) is 4. The Balaban J connectivity index is 2.11. The molecule has 2 N–H and O–H groups in total. The Morgan fingerprint density at radius 3 is 2.52 bits per heavy atom. The van der Waals surface area contributed by atoms with Crippen molar-refractivity contribution in [1.82, 2.24) is 10.2 Å². The molecule has 21 heavy (non-hydrogen) atoms. The highest BCUT2D eigenvalue weighted by Crippen LogP contribution is 2.24. The number of alkyl halides is 3. The minimum absolute atomic E-state index is 0.0435. The summed E-state index contributed by atoms with van der Waals surface area (Å²) in [6, 6.07) is -0.456. The Morgan fingerprint density at radius 1 is 1.38 bits per heavy atom. The quantitative estimate of drug-likeness (QED) is 0.666. The average molecular weight is 314 g/mol. The van der Waals surface area contributed by atoms with Crippen LogP contribution in [0.3, 0.4) is 0 Å². The molecule has 0 aromatic heterocycles. The number of nitrogens with one attached hydrogen (secondary N) is 1. The predicted molar refractivity (Wildman–Crippen MR) is 63.8 cm³/mol. The molecule has 0 aromatic carbocycles. The number of urea groups is 1. The van der Waals surface area contributed by atoms with E-state index in [1.807, 2.05) is 0 Å². The molecule has 0 radical (unpaired) electrons. The minimum Gasteiger partial charge on any atom is -0.480 e. The molecule has 0 spiro atoms. The molecule has 1 fully saturated rings. The number of hydrogen-bond donors (Lipinski definition) is 2. The fourth-order valence-electron chi connectivity index (χ4n) is 1.76. The maximum atomic E-state index is 11.8. The normalized spacial score (nSPS) is 17.2. The maximum Gasteiger partial charge on any atom is 0.411 e. The first-order valence-corrected chi connectivity index (χ1v) is 6.14. The highest BCUT2D eigenvalue weighted by Gasteiger charge is 2.42. The van der Waals surface area contributed by atoms with Crippen LogP contribution in [0, 0.1) is 0 Å². The molecule has 122 valence electrons. The Morgan fingerprint density at radius 2 is 2.00 bits per heavy atom. The van der Waals surface area contributed by atoms with Crippen LogP contribution >= 0.6 is 0 Å². The molecule has 0 aliphatic carbocycles. The summed E-state index contributed by atoms with van der Waals surface area (Å²) in [5.41, 5.74) is -0.706. The summed E-state index contributed by atoms with van der Waals surface area (Å²) in [5, 5.41) is 10.9. The molecule has 0 saturated carbocycles. The van der Waals surface area contributed by atoms with Gasteiger partial charge in [-0.1, -0.05) is 0 Å². The molecular weight excluding hydrogens is 297 g/mol. The van der Waals surface area contributed by atoms with Crippen LogP contribution in [0.25, 0.3) is 0 Å². The van der Waals surface area contributed by atoms with Gasteiger partial charge in [-0.2, -0.15) is 13.2 Å². The van der Waals surface area contributed by atoms with E-state index in [1.54, 1.807) is 6.92 Å². The zero-order valence-corrected chi connectivity index (χ0v) is 11.4. The van der Waals surface area contributed by atoms with E-state index in [0.717, 1.165) is 0 Å². The van der Waals surface area contributed by atoms with Crippen LogP contribution in [0.5, 0.6) is 0 Å². The topological polar surface area (TPSA) is 88.1 Å². The molecular formula is C11H17F3N2O5. The van der Waals surface area contributed by atoms with E-state index in [-0.39, 0.29) is 26.2 Å². The SMILES string of the molecule is CC1(OCC(=O)O)CN(C(=O)NCCOCC(F)(F)F)C1. The second-order valence-corrected chi connectivity index (χ2v) is 4.89. The molecule has 1 aliphatic rings. The monoisotopic (exact) mass is 314 g/mol. The van der Waals surface area contributed by atoms with Crippen molar-refractivity contribution < 1.29 is 37.3 Å². The van der Waals surface area contributed by atoms with Crippen molar-refractivity contribution in [2.75, 3.05) is 39.5 Å². The number of nitrogens with zero attached hydrogens (tertiary/aromatic N) is 1. The number of carbonyl (C=O) groups excluding carboxylic acids is 1. The molecule has 0 aromatic rings. The van der Waals surface area contributed by atoms with Crippen molar-refractivity contribution in [2.45, 2.75) is 18.7 Å². The summed E-state index contributed by atoms with van der Waals surface area (Å²) in [7, 11) is 0. The van der Waals surface area contributed by atoms with Gasteiger partial charge in [-0.3, -0.25) is 0 Å². The number of halogens is 3. The van der Waals surface area contributed by atoms with Gasteiger partial charge < -0.3 is 24.8 Å². The number of carboxylic acid groups (broad SMARTS) is 1. The van der Waals surface area contributed by atoms with Gasteiger partial charge in [0.15, 0.2) is 0 Å². The third-order valence-electron chi connectivity index (χ3n) is 2.67. The number of aliphatic carboxylic acids is 1. The van der Waals surface area contributed by atoms with Crippen LogP contribution in [-0.2, 0) is 14.3 Å².